The monoisotopic (exact) mass is 353 g/mol. The Hall–Kier alpha value is -3.09. The largest absolute Gasteiger partial charge is 0.497 e. The first-order chi connectivity index (χ1) is 12.7. The molecule has 26 heavy (non-hydrogen) atoms. The van der Waals surface area contributed by atoms with Gasteiger partial charge in [-0.15, -0.1) is 10.2 Å². The Labute approximate surface area is 150 Å². The SMILES string of the molecule is COc1ccc(C(=O)N2CCC(c3nnc(-c4ccoc4)o3)CC2)cc1. The van der Waals surface area contributed by atoms with Gasteiger partial charge in [-0.05, 0) is 43.2 Å². The number of piperidine rings is 1. The van der Waals surface area contributed by atoms with E-state index < -0.39 is 0 Å². The summed E-state index contributed by atoms with van der Waals surface area (Å²) in [6.45, 7) is 1.33. The van der Waals surface area contributed by atoms with Gasteiger partial charge in [0, 0.05) is 24.6 Å². The second-order valence-corrected chi connectivity index (χ2v) is 6.25. The van der Waals surface area contributed by atoms with Gasteiger partial charge in [0.2, 0.25) is 5.89 Å². The number of rotatable bonds is 4. The zero-order valence-electron chi connectivity index (χ0n) is 14.4. The minimum atomic E-state index is 0.0377. The zero-order chi connectivity index (χ0) is 17.9. The molecule has 1 saturated heterocycles. The third kappa shape index (κ3) is 3.20. The van der Waals surface area contributed by atoms with E-state index in [4.69, 9.17) is 13.6 Å². The summed E-state index contributed by atoms with van der Waals surface area (Å²) in [7, 11) is 1.61. The van der Waals surface area contributed by atoms with Crippen LogP contribution in [0.5, 0.6) is 5.75 Å². The van der Waals surface area contributed by atoms with E-state index in [2.05, 4.69) is 10.2 Å². The van der Waals surface area contributed by atoms with Crippen LogP contribution in [0, 0.1) is 0 Å². The predicted octanol–water partition coefficient (Wildman–Crippen LogP) is 3.36. The van der Waals surface area contributed by atoms with Crippen molar-refractivity contribution in [1.29, 1.82) is 0 Å². The minimum Gasteiger partial charge on any atom is -0.497 e. The normalized spacial score (nSPS) is 15.2. The van der Waals surface area contributed by atoms with Crippen molar-refractivity contribution in [3.05, 3.63) is 54.3 Å². The molecule has 2 aromatic heterocycles. The molecule has 1 aromatic carbocycles. The molecule has 0 aliphatic carbocycles. The number of ether oxygens (including phenoxy) is 1. The van der Waals surface area contributed by atoms with E-state index in [1.54, 1.807) is 50.0 Å². The van der Waals surface area contributed by atoms with Gasteiger partial charge in [0.15, 0.2) is 0 Å². The highest BCUT2D eigenvalue weighted by Gasteiger charge is 2.28. The van der Waals surface area contributed by atoms with Gasteiger partial charge in [-0.25, -0.2) is 0 Å². The van der Waals surface area contributed by atoms with E-state index in [1.165, 1.54) is 0 Å². The Bertz CT molecular complexity index is 863. The van der Waals surface area contributed by atoms with E-state index in [0.29, 0.717) is 30.4 Å². The molecule has 4 rings (SSSR count). The molecule has 3 heterocycles. The lowest BCUT2D eigenvalue weighted by atomic mass is 9.96. The number of furan rings is 1. The standard InChI is InChI=1S/C19H19N3O4/c1-24-16-4-2-14(3-5-16)19(23)22-9-6-13(7-10-22)17-20-21-18(26-17)15-8-11-25-12-15/h2-5,8,11-13H,6-7,9-10H2,1H3. The topological polar surface area (TPSA) is 81.6 Å². The van der Waals surface area contributed by atoms with Crippen molar-refractivity contribution in [1.82, 2.24) is 15.1 Å². The van der Waals surface area contributed by atoms with Crippen molar-refractivity contribution >= 4 is 5.91 Å². The maximum Gasteiger partial charge on any atom is 0.253 e. The summed E-state index contributed by atoms with van der Waals surface area (Å²) >= 11 is 0. The van der Waals surface area contributed by atoms with Crippen molar-refractivity contribution in [2.45, 2.75) is 18.8 Å². The molecule has 1 amide bonds. The first kappa shape index (κ1) is 16.4. The fourth-order valence-electron chi connectivity index (χ4n) is 3.15. The maximum absolute atomic E-state index is 12.6. The third-order valence-electron chi connectivity index (χ3n) is 4.68. The van der Waals surface area contributed by atoms with E-state index in [9.17, 15) is 4.79 Å². The van der Waals surface area contributed by atoms with Crippen LogP contribution in [0.15, 0.2) is 51.7 Å². The van der Waals surface area contributed by atoms with Crippen molar-refractivity contribution in [2.75, 3.05) is 20.2 Å². The Balaban J connectivity index is 1.38. The number of methoxy groups -OCH3 is 1. The van der Waals surface area contributed by atoms with E-state index in [1.807, 2.05) is 4.90 Å². The number of benzene rings is 1. The van der Waals surface area contributed by atoms with Crippen molar-refractivity contribution in [2.24, 2.45) is 0 Å². The molecule has 7 nitrogen and oxygen atoms in total. The summed E-state index contributed by atoms with van der Waals surface area (Å²) in [5.41, 5.74) is 1.44. The molecule has 0 saturated carbocycles. The summed E-state index contributed by atoms with van der Waals surface area (Å²) in [6, 6.07) is 8.98. The van der Waals surface area contributed by atoms with E-state index >= 15 is 0 Å². The molecule has 0 N–H and O–H groups in total. The van der Waals surface area contributed by atoms with Gasteiger partial charge in [0.05, 0.1) is 18.9 Å². The molecule has 0 unspecified atom stereocenters. The van der Waals surface area contributed by atoms with Crippen LogP contribution in [-0.4, -0.2) is 41.2 Å². The van der Waals surface area contributed by atoms with Crippen LogP contribution in [0.4, 0.5) is 0 Å². The molecule has 0 bridgehead atoms. The Kier molecular flexibility index (Phi) is 4.43. The third-order valence-corrected chi connectivity index (χ3v) is 4.68. The first-order valence-corrected chi connectivity index (χ1v) is 8.54. The van der Waals surface area contributed by atoms with Crippen LogP contribution in [0.25, 0.3) is 11.5 Å². The quantitative estimate of drug-likeness (QED) is 0.715. The van der Waals surface area contributed by atoms with Crippen LogP contribution in [0.3, 0.4) is 0 Å². The van der Waals surface area contributed by atoms with E-state index in [0.717, 1.165) is 24.2 Å². The molecule has 0 atom stereocenters. The highest BCUT2D eigenvalue weighted by Crippen LogP contribution is 2.30. The second-order valence-electron chi connectivity index (χ2n) is 6.25. The Morgan fingerprint density at radius 2 is 1.92 bits per heavy atom. The van der Waals surface area contributed by atoms with Gasteiger partial charge in [-0.3, -0.25) is 4.79 Å². The molecule has 1 fully saturated rings. The Morgan fingerprint density at radius 3 is 2.58 bits per heavy atom. The van der Waals surface area contributed by atoms with Crippen molar-refractivity contribution < 1.29 is 18.4 Å². The minimum absolute atomic E-state index is 0.0377. The van der Waals surface area contributed by atoms with Gasteiger partial charge >= 0.3 is 0 Å². The van der Waals surface area contributed by atoms with Crippen LogP contribution < -0.4 is 4.74 Å². The molecule has 1 aliphatic heterocycles. The summed E-state index contributed by atoms with van der Waals surface area (Å²) in [4.78, 5) is 14.5. The second kappa shape index (κ2) is 7.03. The number of likely N-dealkylation sites (tertiary alicyclic amines) is 1. The van der Waals surface area contributed by atoms with Crippen LogP contribution in [0.2, 0.25) is 0 Å². The first-order valence-electron chi connectivity index (χ1n) is 8.54. The number of hydrogen-bond acceptors (Lipinski definition) is 6. The summed E-state index contributed by atoms with van der Waals surface area (Å²) < 4.78 is 15.9. The molecule has 3 aromatic rings. The molecule has 0 radical (unpaired) electrons. The fraction of sp³-hybridized carbons (Fsp3) is 0.316. The number of amides is 1. The predicted molar refractivity (Wildman–Crippen MR) is 92.9 cm³/mol. The summed E-state index contributed by atoms with van der Waals surface area (Å²) in [5, 5.41) is 8.25. The lowest BCUT2D eigenvalue weighted by Gasteiger charge is -2.30. The van der Waals surface area contributed by atoms with Gasteiger partial charge < -0.3 is 18.5 Å². The smallest absolute Gasteiger partial charge is 0.253 e. The molecular weight excluding hydrogens is 334 g/mol. The van der Waals surface area contributed by atoms with E-state index in [-0.39, 0.29) is 11.8 Å². The highest BCUT2D eigenvalue weighted by atomic mass is 16.5. The zero-order valence-corrected chi connectivity index (χ0v) is 14.4. The van der Waals surface area contributed by atoms with Gasteiger partial charge in [0.1, 0.15) is 12.0 Å². The number of hydrogen-bond donors (Lipinski definition) is 0. The molecule has 1 aliphatic rings. The average molecular weight is 353 g/mol. The summed E-state index contributed by atoms with van der Waals surface area (Å²) in [5.74, 6) is 2.03. The lowest BCUT2D eigenvalue weighted by Crippen LogP contribution is -2.38. The lowest BCUT2D eigenvalue weighted by molar-refractivity contribution is 0.0706. The van der Waals surface area contributed by atoms with Gasteiger partial charge in [0.25, 0.3) is 11.8 Å². The molecule has 0 spiro atoms. The van der Waals surface area contributed by atoms with Gasteiger partial charge in [-0.2, -0.15) is 0 Å². The van der Waals surface area contributed by atoms with Crippen molar-refractivity contribution in [3.8, 4) is 17.2 Å². The molecular formula is C19H19N3O4. The van der Waals surface area contributed by atoms with Gasteiger partial charge in [-0.1, -0.05) is 0 Å². The van der Waals surface area contributed by atoms with Crippen LogP contribution in [-0.2, 0) is 0 Å². The number of nitrogens with zero attached hydrogens (tertiary/aromatic N) is 3. The number of carbonyl (C=O) groups is 1. The van der Waals surface area contributed by atoms with Crippen LogP contribution in [0.1, 0.15) is 35.0 Å². The van der Waals surface area contributed by atoms with Crippen LogP contribution >= 0.6 is 0 Å². The number of carbonyl (C=O) groups excluding carboxylic acids is 1. The summed E-state index contributed by atoms with van der Waals surface area (Å²) in [6.07, 6.45) is 4.75. The van der Waals surface area contributed by atoms with Crippen molar-refractivity contribution in [3.63, 3.8) is 0 Å². The highest BCUT2D eigenvalue weighted by molar-refractivity contribution is 5.94. The number of aromatic nitrogens is 2. The maximum atomic E-state index is 12.6. The molecule has 7 heteroatoms. The molecule has 134 valence electrons. The fourth-order valence-corrected chi connectivity index (χ4v) is 3.15. The Morgan fingerprint density at radius 1 is 1.15 bits per heavy atom. The average Bonchev–Trinajstić information content (AvgIpc) is 3.39.